The van der Waals surface area contributed by atoms with E-state index >= 15 is 0 Å². The van der Waals surface area contributed by atoms with Crippen LogP contribution in [-0.2, 0) is 9.47 Å². The Balaban J connectivity index is 1.96. The topological polar surface area (TPSA) is 73.9 Å². The summed E-state index contributed by atoms with van der Waals surface area (Å²) in [6, 6.07) is 1.57. The fourth-order valence-corrected chi connectivity index (χ4v) is 2.96. The molecule has 1 aromatic heterocycles. The van der Waals surface area contributed by atoms with Gasteiger partial charge in [0.2, 0.25) is 0 Å². The Morgan fingerprint density at radius 1 is 1.39 bits per heavy atom. The molecule has 1 aromatic rings. The lowest BCUT2D eigenvalue weighted by Gasteiger charge is -2.23. The monoisotopic (exact) mass is 361 g/mol. The lowest BCUT2D eigenvalue weighted by molar-refractivity contribution is 0.0473. The highest BCUT2D eigenvalue weighted by Crippen LogP contribution is 2.39. The van der Waals surface area contributed by atoms with Crippen LogP contribution in [0.2, 0.25) is 4.34 Å². The Hall–Kier alpha value is -1.47. The summed E-state index contributed by atoms with van der Waals surface area (Å²) in [5.74, 6) is -0.133. The molecule has 1 N–H and O–H groups in total. The standard InChI is InChI=1S/C15H20ClNO5S/c1-14(2,3)22-13(19)17-15(5-6-15)8-21-9-7-10(16)23-11(9)12(18)20-4/h7H,5-6,8H2,1-4H3,(H,17,19). The maximum Gasteiger partial charge on any atom is 0.408 e. The lowest BCUT2D eigenvalue weighted by Crippen LogP contribution is -2.44. The van der Waals surface area contributed by atoms with Crippen molar-refractivity contribution in [1.82, 2.24) is 5.32 Å². The molecule has 0 spiro atoms. The first-order chi connectivity index (χ1) is 10.6. The molecule has 6 nitrogen and oxygen atoms in total. The number of nitrogens with one attached hydrogen (secondary N) is 1. The Labute approximate surface area is 144 Å². The zero-order valence-corrected chi connectivity index (χ0v) is 15.1. The summed E-state index contributed by atoms with van der Waals surface area (Å²) in [5, 5.41) is 2.83. The van der Waals surface area contributed by atoms with E-state index in [4.69, 9.17) is 25.8 Å². The third-order valence-electron chi connectivity index (χ3n) is 3.16. The molecule has 0 aromatic carbocycles. The smallest absolute Gasteiger partial charge is 0.408 e. The molecular weight excluding hydrogens is 342 g/mol. The molecule has 1 heterocycles. The molecule has 1 fully saturated rings. The van der Waals surface area contributed by atoms with Crippen molar-refractivity contribution in [1.29, 1.82) is 0 Å². The van der Waals surface area contributed by atoms with Gasteiger partial charge in [-0.15, -0.1) is 11.3 Å². The zero-order chi connectivity index (χ0) is 17.3. The van der Waals surface area contributed by atoms with Crippen LogP contribution in [0.5, 0.6) is 5.75 Å². The van der Waals surface area contributed by atoms with Crippen LogP contribution < -0.4 is 10.1 Å². The van der Waals surface area contributed by atoms with Gasteiger partial charge in [0.1, 0.15) is 18.0 Å². The summed E-state index contributed by atoms with van der Waals surface area (Å²) >= 11 is 7.02. The third kappa shape index (κ3) is 5.00. The van der Waals surface area contributed by atoms with Crippen molar-refractivity contribution in [2.75, 3.05) is 13.7 Å². The van der Waals surface area contributed by atoms with Gasteiger partial charge in [-0.25, -0.2) is 9.59 Å². The van der Waals surface area contributed by atoms with Gasteiger partial charge >= 0.3 is 12.1 Å². The van der Waals surface area contributed by atoms with Crippen LogP contribution in [0.15, 0.2) is 6.07 Å². The third-order valence-corrected chi connectivity index (χ3v) is 4.39. The van der Waals surface area contributed by atoms with E-state index in [0.29, 0.717) is 15.0 Å². The average Bonchev–Trinajstić information content (AvgIpc) is 3.07. The molecule has 0 radical (unpaired) electrons. The number of amides is 1. The number of alkyl carbamates (subject to hydrolysis) is 1. The molecule has 0 saturated heterocycles. The van der Waals surface area contributed by atoms with Crippen LogP contribution in [0.3, 0.4) is 0 Å². The maximum absolute atomic E-state index is 11.9. The normalized spacial score (nSPS) is 15.7. The number of ether oxygens (including phenoxy) is 3. The molecule has 2 rings (SSSR count). The van der Waals surface area contributed by atoms with Gasteiger partial charge in [-0.05, 0) is 33.6 Å². The van der Waals surface area contributed by atoms with Crippen molar-refractivity contribution in [3.8, 4) is 5.75 Å². The minimum Gasteiger partial charge on any atom is -0.489 e. The van der Waals surface area contributed by atoms with Gasteiger partial charge in [-0.3, -0.25) is 0 Å². The molecule has 1 saturated carbocycles. The number of hydrogen-bond donors (Lipinski definition) is 1. The van der Waals surface area contributed by atoms with Crippen LogP contribution in [0, 0.1) is 0 Å². The highest BCUT2D eigenvalue weighted by atomic mass is 35.5. The van der Waals surface area contributed by atoms with Crippen molar-refractivity contribution in [2.45, 2.75) is 44.8 Å². The summed E-state index contributed by atoms with van der Waals surface area (Å²) in [6.45, 7) is 5.65. The van der Waals surface area contributed by atoms with E-state index in [2.05, 4.69) is 5.32 Å². The van der Waals surface area contributed by atoms with Gasteiger partial charge in [0.15, 0.2) is 4.88 Å². The van der Waals surface area contributed by atoms with Crippen LogP contribution >= 0.6 is 22.9 Å². The van der Waals surface area contributed by atoms with Crippen LogP contribution in [-0.4, -0.2) is 36.9 Å². The predicted octanol–water partition coefficient (Wildman–Crippen LogP) is 3.62. The first-order valence-corrected chi connectivity index (χ1v) is 8.35. The Morgan fingerprint density at radius 3 is 2.57 bits per heavy atom. The van der Waals surface area contributed by atoms with Crippen molar-refractivity contribution in [2.24, 2.45) is 0 Å². The summed E-state index contributed by atoms with van der Waals surface area (Å²) in [6.07, 6.45) is 1.10. The van der Waals surface area contributed by atoms with Gasteiger partial charge in [-0.1, -0.05) is 11.6 Å². The lowest BCUT2D eigenvalue weighted by atomic mass is 10.2. The zero-order valence-electron chi connectivity index (χ0n) is 13.5. The molecule has 23 heavy (non-hydrogen) atoms. The number of halogens is 1. The highest BCUT2D eigenvalue weighted by Gasteiger charge is 2.46. The summed E-state index contributed by atoms with van der Waals surface area (Å²) in [5.41, 5.74) is -1.01. The molecule has 0 atom stereocenters. The van der Waals surface area contributed by atoms with E-state index in [-0.39, 0.29) is 6.61 Å². The van der Waals surface area contributed by atoms with Gasteiger partial charge in [0, 0.05) is 6.07 Å². The quantitative estimate of drug-likeness (QED) is 0.811. The van der Waals surface area contributed by atoms with E-state index in [1.807, 2.05) is 0 Å². The second-order valence-electron chi connectivity index (χ2n) is 6.43. The molecule has 8 heteroatoms. The van der Waals surface area contributed by atoms with E-state index in [1.165, 1.54) is 7.11 Å². The Morgan fingerprint density at radius 2 is 2.04 bits per heavy atom. The first-order valence-electron chi connectivity index (χ1n) is 7.16. The van der Waals surface area contributed by atoms with E-state index in [1.54, 1.807) is 26.8 Å². The van der Waals surface area contributed by atoms with Gasteiger partial charge < -0.3 is 19.5 Å². The van der Waals surface area contributed by atoms with Crippen LogP contribution in [0.4, 0.5) is 4.79 Å². The molecular formula is C15H20ClNO5S. The predicted molar refractivity (Wildman–Crippen MR) is 87.5 cm³/mol. The molecule has 0 aliphatic heterocycles. The number of thiophene rings is 1. The average molecular weight is 362 g/mol. The maximum atomic E-state index is 11.9. The number of carbonyl (C=O) groups excluding carboxylic acids is 2. The number of methoxy groups -OCH3 is 1. The van der Waals surface area contributed by atoms with Gasteiger partial charge in [0.25, 0.3) is 0 Å². The van der Waals surface area contributed by atoms with Crippen molar-refractivity contribution in [3.05, 3.63) is 15.3 Å². The van der Waals surface area contributed by atoms with E-state index in [0.717, 1.165) is 24.2 Å². The van der Waals surface area contributed by atoms with Crippen molar-refractivity contribution in [3.63, 3.8) is 0 Å². The van der Waals surface area contributed by atoms with Crippen molar-refractivity contribution >= 4 is 35.0 Å². The molecule has 128 valence electrons. The minimum absolute atomic E-state index is 0.239. The number of rotatable bonds is 5. The first kappa shape index (κ1) is 17.9. The molecule has 1 aliphatic carbocycles. The molecule has 1 amide bonds. The fraction of sp³-hybridized carbons (Fsp3) is 0.600. The summed E-state index contributed by atoms with van der Waals surface area (Å²) in [7, 11) is 1.30. The molecule has 0 unspecified atom stereocenters. The number of carbonyl (C=O) groups is 2. The van der Waals surface area contributed by atoms with E-state index < -0.39 is 23.2 Å². The summed E-state index contributed by atoms with van der Waals surface area (Å²) in [4.78, 5) is 23.9. The SMILES string of the molecule is COC(=O)c1sc(Cl)cc1OCC1(NC(=O)OC(C)(C)C)CC1. The van der Waals surface area contributed by atoms with E-state index in [9.17, 15) is 9.59 Å². The highest BCUT2D eigenvalue weighted by molar-refractivity contribution is 7.18. The molecule has 1 aliphatic rings. The second-order valence-corrected chi connectivity index (χ2v) is 8.11. The minimum atomic E-state index is -0.556. The van der Waals surface area contributed by atoms with Crippen molar-refractivity contribution < 1.29 is 23.8 Å². The molecule has 0 bridgehead atoms. The van der Waals surface area contributed by atoms with Crippen LogP contribution in [0.25, 0.3) is 0 Å². The van der Waals surface area contributed by atoms with Gasteiger partial charge in [-0.2, -0.15) is 0 Å². The largest absolute Gasteiger partial charge is 0.489 e. The fourth-order valence-electron chi connectivity index (χ4n) is 1.88. The Kier molecular flexibility index (Phi) is 5.10. The second kappa shape index (κ2) is 6.57. The number of hydrogen-bond acceptors (Lipinski definition) is 6. The Bertz CT molecular complexity index is 603. The summed E-state index contributed by atoms with van der Waals surface area (Å²) < 4.78 is 16.1. The van der Waals surface area contributed by atoms with Crippen LogP contribution in [0.1, 0.15) is 43.3 Å². The van der Waals surface area contributed by atoms with Gasteiger partial charge in [0.05, 0.1) is 17.0 Å². The number of esters is 1.